The number of amides is 3. The van der Waals surface area contributed by atoms with Crippen molar-refractivity contribution in [3.63, 3.8) is 0 Å². The molecule has 3 amide bonds. The lowest BCUT2D eigenvalue weighted by molar-refractivity contribution is -0.137. The smallest absolute Gasteiger partial charge is 0.243 e. The lowest BCUT2D eigenvalue weighted by Crippen LogP contribution is -2.54. The second-order valence-corrected chi connectivity index (χ2v) is 14.9. The van der Waals surface area contributed by atoms with Crippen molar-refractivity contribution in [3.8, 4) is 0 Å². The first-order valence-corrected chi connectivity index (χ1v) is 17.9. The molecule has 1 saturated heterocycles. The van der Waals surface area contributed by atoms with Crippen molar-refractivity contribution in [2.45, 2.75) is 90.8 Å². The number of hydrogen-bond acceptors (Lipinski definition) is 6. The van der Waals surface area contributed by atoms with E-state index in [-0.39, 0.29) is 35.7 Å². The molecule has 1 atom stereocenters. The number of thioether (sulfide) groups is 2. The van der Waals surface area contributed by atoms with Crippen LogP contribution in [0.4, 0.5) is 0 Å². The Bertz CT molecular complexity index is 942. The number of likely N-dealkylation sites (tertiary alicyclic amines) is 1. The second-order valence-electron chi connectivity index (χ2n) is 13.0. The molecule has 1 saturated carbocycles. The van der Waals surface area contributed by atoms with Crippen molar-refractivity contribution in [2.24, 2.45) is 11.3 Å². The quantitative estimate of drug-likeness (QED) is 0.286. The number of carbonyl (C=O) groups is 3. The topological polar surface area (TPSA) is 81.8 Å². The summed E-state index contributed by atoms with van der Waals surface area (Å²) in [6.45, 7) is 8.86. The molecule has 230 valence electrons. The van der Waals surface area contributed by atoms with Gasteiger partial charge in [0.2, 0.25) is 17.7 Å². The summed E-state index contributed by atoms with van der Waals surface area (Å²) in [5.41, 5.74) is 1.16. The minimum atomic E-state index is -0.604. The molecule has 1 aromatic carbocycles. The number of nitrogens with zero attached hydrogens (tertiary/aromatic N) is 2. The number of nitrogens with one attached hydrogen (secondary N) is 2. The van der Waals surface area contributed by atoms with Crippen molar-refractivity contribution in [1.82, 2.24) is 20.4 Å². The van der Waals surface area contributed by atoms with E-state index in [4.69, 9.17) is 0 Å². The van der Waals surface area contributed by atoms with Crippen LogP contribution in [-0.2, 0) is 20.9 Å². The zero-order valence-corrected chi connectivity index (χ0v) is 27.3. The molecule has 0 spiro atoms. The highest BCUT2D eigenvalue weighted by molar-refractivity contribution is 7.99. The largest absolute Gasteiger partial charge is 0.351 e. The molecule has 9 heteroatoms. The third-order valence-corrected chi connectivity index (χ3v) is 9.70. The van der Waals surface area contributed by atoms with Crippen LogP contribution in [0, 0.1) is 11.3 Å². The van der Waals surface area contributed by atoms with Gasteiger partial charge in [0.25, 0.3) is 0 Å². The fourth-order valence-corrected chi connectivity index (χ4v) is 7.43. The van der Waals surface area contributed by atoms with E-state index < -0.39 is 6.04 Å². The normalized spacial score (nSPS) is 18.0. The lowest BCUT2D eigenvalue weighted by Gasteiger charge is -2.33. The highest BCUT2D eigenvalue weighted by Crippen LogP contribution is 2.27. The number of carbonyl (C=O) groups excluding carboxylic acids is 3. The summed E-state index contributed by atoms with van der Waals surface area (Å²) in [7, 11) is 0. The van der Waals surface area contributed by atoms with Gasteiger partial charge in [-0.05, 0) is 54.6 Å². The number of hydrogen-bond donors (Lipinski definition) is 2. The molecule has 1 aliphatic carbocycles. The molecule has 3 rings (SSSR count). The number of rotatable bonds is 14. The molecule has 1 aromatic rings. The predicted octanol–water partition coefficient (Wildman–Crippen LogP) is 5.15. The first-order valence-electron chi connectivity index (χ1n) is 15.3. The highest BCUT2D eigenvalue weighted by Gasteiger charge is 2.28. The zero-order valence-electron chi connectivity index (χ0n) is 25.7. The maximum atomic E-state index is 13.5. The van der Waals surface area contributed by atoms with Gasteiger partial charge in [-0.3, -0.25) is 19.3 Å². The molecule has 1 unspecified atom stereocenters. The SMILES string of the molecule is CSCN(CC(=O)NC(CSCC1CCCCC1)C(=O)NC1CCN(Cc2ccccc2)CC1)C(=O)CC(C)(C)C. The Morgan fingerprint density at radius 1 is 1.02 bits per heavy atom. The summed E-state index contributed by atoms with van der Waals surface area (Å²) < 4.78 is 0. The first kappa shape index (κ1) is 33.8. The summed E-state index contributed by atoms with van der Waals surface area (Å²) >= 11 is 3.30. The van der Waals surface area contributed by atoms with Crippen molar-refractivity contribution < 1.29 is 14.4 Å². The average molecular weight is 605 g/mol. The Morgan fingerprint density at radius 3 is 2.34 bits per heavy atom. The van der Waals surface area contributed by atoms with Gasteiger partial charge < -0.3 is 15.5 Å². The lowest BCUT2D eigenvalue weighted by atomic mass is 9.91. The Labute approximate surface area is 256 Å². The Morgan fingerprint density at radius 2 is 1.71 bits per heavy atom. The van der Waals surface area contributed by atoms with Crippen molar-refractivity contribution >= 4 is 41.2 Å². The second kappa shape index (κ2) is 17.4. The van der Waals surface area contributed by atoms with Gasteiger partial charge in [-0.25, -0.2) is 0 Å². The Hall–Kier alpha value is -1.71. The summed E-state index contributed by atoms with van der Waals surface area (Å²) in [5, 5.41) is 6.26. The molecule has 2 fully saturated rings. The van der Waals surface area contributed by atoms with Gasteiger partial charge in [-0.1, -0.05) is 70.4 Å². The molecule has 2 aliphatic rings. The van der Waals surface area contributed by atoms with Crippen LogP contribution in [0.1, 0.15) is 77.7 Å². The maximum absolute atomic E-state index is 13.5. The number of benzene rings is 1. The fourth-order valence-electron chi connectivity index (χ4n) is 5.61. The van der Waals surface area contributed by atoms with E-state index in [0.717, 1.165) is 38.2 Å². The van der Waals surface area contributed by atoms with Gasteiger partial charge >= 0.3 is 0 Å². The molecular formula is C32H52N4O3S2. The van der Waals surface area contributed by atoms with E-state index in [1.807, 2.05) is 33.1 Å². The molecule has 0 aromatic heterocycles. The van der Waals surface area contributed by atoms with E-state index in [9.17, 15) is 14.4 Å². The predicted molar refractivity (Wildman–Crippen MR) is 173 cm³/mol. The van der Waals surface area contributed by atoms with E-state index in [2.05, 4.69) is 39.8 Å². The molecule has 0 radical (unpaired) electrons. The monoisotopic (exact) mass is 604 g/mol. The fraction of sp³-hybridized carbons (Fsp3) is 0.719. The van der Waals surface area contributed by atoms with E-state index in [1.165, 1.54) is 49.4 Å². The molecular weight excluding hydrogens is 553 g/mol. The van der Waals surface area contributed by atoms with E-state index in [1.54, 1.807) is 16.7 Å². The van der Waals surface area contributed by atoms with E-state index >= 15 is 0 Å². The van der Waals surface area contributed by atoms with Crippen molar-refractivity contribution in [2.75, 3.05) is 43.3 Å². The Balaban J connectivity index is 1.55. The van der Waals surface area contributed by atoms with Crippen molar-refractivity contribution in [3.05, 3.63) is 35.9 Å². The molecule has 1 aliphatic heterocycles. The van der Waals surface area contributed by atoms with Gasteiger partial charge in [-0.2, -0.15) is 11.8 Å². The van der Waals surface area contributed by atoms with Gasteiger partial charge in [0.15, 0.2) is 0 Å². The molecule has 2 N–H and O–H groups in total. The third kappa shape index (κ3) is 13.0. The van der Waals surface area contributed by atoms with Gasteiger partial charge in [0.1, 0.15) is 12.6 Å². The van der Waals surface area contributed by atoms with Crippen LogP contribution in [0.25, 0.3) is 0 Å². The zero-order chi connectivity index (χ0) is 29.7. The standard InChI is InChI=1S/C32H52N4O3S2/c1-32(2,3)19-30(38)36(24-40-4)21-29(37)34-28(23-41-22-26-13-9-6-10-14-26)31(39)33-27-15-17-35(18-16-27)20-25-11-7-5-8-12-25/h5,7-8,11-12,26-28H,6,9-10,13-24H2,1-4H3,(H,33,39)(H,34,37). The van der Waals surface area contributed by atoms with Crippen LogP contribution in [0.5, 0.6) is 0 Å². The average Bonchev–Trinajstić information content (AvgIpc) is 2.93. The van der Waals surface area contributed by atoms with Gasteiger partial charge in [0, 0.05) is 37.8 Å². The minimum Gasteiger partial charge on any atom is -0.351 e. The van der Waals surface area contributed by atoms with Crippen LogP contribution in [0.2, 0.25) is 0 Å². The van der Waals surface area contributed by atoms with Crippen LogP contribution in [0.15, 0.2) is 30.3 Å². The highest BCUT2D eigenvalue weighted by atomic mass is 32.2. The third-order valence-electron chi connectivity index (χ3n) is 7.85. The van der Waals surface area contributed by atoms with Gasteiger partial charge in [0.05, 0.1) is 5.88 Å². The van der Waals surface area contributed by atoms with Crippen LogP contribution >= 0.6 is 23.5 Å². The van der Waals surface area contributed by atoms with Crippen molar-refractivity contribution in [1.29, 1.82) is 0 Å². The summed E-state index contributed by atoms with van der Waals surface area (Å²) in [4.78, 5) is 43.6. The minimum absolute atomic E-state index is 0.0231. The molecule has 0 bridgehead atoms. The van der Waals surface area contributed by atoms with Crippen LogP contribution in [-0.4, -0.2) is 82.9 Å². The molecule has 41 heavy (non-hydrogen) atoms. The summed E-state index contributed by atoms with van der Waals surface area (Å²) in [5.74, 6) is 2.34. The van der Waals surface area contributed by atoms with E-state index in [0.29, 0.717) is 24.0 Å². The summed E-state index contributed by atoms with van der Waals surface area (Å²) in [6, 6.07) is 10.0. The molecule has 7 nitrogen and oxygen atoms in total. The maximum Gasteiger partial charge on any atom is 0.243 e. The van der Waals surface area contributed by atoms with Crippen LogP contribution in [0.3, 0.4) is 0 Å². The first-order chi connectivity index (χ1) is 19.6. The van der Waals surface area contributed by atoms with Gasteiger partial charge in [-0.15, -0.1) is 11.8 Å². The summed E-state index contributed by atoms with van der Waals surface area (Å²) in [6.07, 6.45) is 10.5. The number of piperidine rings is 1. The Kier molecular flexibility index (Phi) is 14.4. The van der Waals surface area contributed by atoms with Crippen LogP contribution < -0.4 is 10.6 Å². The molecule has 1 heterocycles.